The lowest BCUT2D eigenvalue weighted by Crippen LogP contribution is -2.32. The number of carbonyl (C=O) groups is 1. The fraction of sp³-hybridized carbons (Fsp3) is 0.318. The molecule has 29 heavy (non-hydrogen) atoms. The first-order chi connectivity index (χ1) is 14.0. The number of methoxy groups -OCH3 is 1. The van der Waals surface area contributed by atoms with Gasteiger partial charge in [-0.15, -0.1) is 0 Å². The van der Waals surface area contributed by atoms with Gasteiger partial charge in [-0.3, -0.25) is 0 Å². The lowest BCUT2D eigenvalue weighted by atomic mass is 10.0. The van der Waals surface area contributed by atoms with Crippen LogP contribution in [0.4, 0.5) is 0 Å². The standard InChI is InChI=1S/C22H25ClN2O4/c1-14(24-12-19(26)15-5-3-6-17(23)10-15)9-16-11-25-22-18(16)7-4-8-20(22)29-13-21(27)28-2/h3-8,10-11,14,19,24-26H,9,12-13H2,1-2H3/t14-,19-/m0/s1. The first-order valence-corrected chi connectivity index (χ1v) is 9.81. The van der Waals surface area contributed by atoms with Gasteiger partial charge in [-0.25, -0.2) is 4.79 Å². The minimum atomic E-state index is -0.627. The van der Waals surface area contributed by atoms with E-state index < -0.39 is 12.1 Å². The number of aliphatic hydroxyl groups excluding tert-OH is 1. The van der Waals surface area contributed by atoms with Gasteiger partial charge in [-0.05, 0) is 42.7 Å². The molecule has 0 bridgehead atoms. The molecule has 0 fully saturated rings. The molecular weight excluding hydrogens is 392 g/mol. The Labute approximate surface area is 174 Å². The highest BCUT2D eigenvalue weighted by molar-refractivity contribution is 6.30. The normalized spacial score (nSPS) is 13.2. The van der Waals surface area contributed by atoms with Crippen molar-refractivity contribution in [2.45, 2.75) is 25.5 Å². The molecule has 0 aliphatic heterocycles. The quantitative estimate of drug-likeness (QED) is 0.464. The first-order valence-electron chi connectivity index (χ1n) is 9.43. The van der Waals surface area contributed by atoms with Crippen molar-refractivity contribution in [1.29, 1.82) is 0 Å². The molecule has 0 aliphatic rings. The predicted octanol–water partition coefficient (Wildman–Crippen LogP) is 3.63. The molecule has 6 nitrogen and oxygen atoms in total. The van der Waals surface area contributed by atoms with Crippen LogP contribution in [0.15, 0.2) is 48.7 Å². The van der Waals surface area contributed by atoms with Gasteiger partial charge < -0.3 is 24.9 Å². The van der Waals surface area contributed by atoms with Gasteiger partial charge in [0.2, 0.25) is 0 Å². The number of carbonyl (C=O) groups excluding carboxylic acids is 1. The molecule has 2 aromatic carbocycles. The summed E-state index contributed by atoms with van der Waals surface area (Å²) < 4.78 is 10.2. The lowest BCUT2D eigenvalue weighted by molar-refractivity contribution is -0.142. The fourth-order valence-electron chi connectivity index (χ4n) is 3.22. The van der Waals surface area contributed by atoms with E-state index in [0.717, 1.165) is 28.5 Å². The molecule has 1 aromatic heterocycles. The van der Waals surface area contributed by atoms with E-state index in [-0.39, 0.29) is 12.6 Å². The molecule has 0 saturated heterocycles. The van der Waals surface area contributed by atoms with Crippen molar-refractivity contribution >= 4 is 28.5 Å². The molecule has 7 heteroatoms. The van der Waals surface area contributed by atoms with Crippen LogP contribution < -0.4 is 10.1 Å². The molecule has 0 aliphatic carbocycles. The summed E-state index contributed by atoms with van der Waals surface area (Å²) in [6.45, 7) is 2.36. The van der Waals surface area contributed by atoms with Crippen LogP contribution in [-0.4, -0.2) is 42.4 Å². The summed E-state index contributed by atoms with van der Waals surface area (Å²) >= 11 is 5.99. The van der Waals surface area contributed by atoms with E-state index in [4.69, 9.17) is 16.3 Å². The minimum Gasteiger partial charge on any atom is -0.480 e. The molecule has 0 amide bonds. The number of rotatable bonds is 9. The SMILES string of the molecule is COC(=O)COc1cccc2c(C[C@H](C)NC[C@H](O)c3cccc(Cl)c3)c[nH]c12. The summed E-state index contributed by atoms with van der Waals surface area (Å²) in [5, 5.41) is 15.4. The van der Waals surface area contributed by atoms with E-state index in [9.17, 15) is 9.90 Å². The van der Waals surface area contributed by atoms with Crippen molar-refractivity contribution in [3.63, 3.8) is 0 Å². The Bertz CT molecular complexity index is 972. The predicted molar refractivity (Wildman–Crippen MR) is 113 cm³/mol. The monoisotopic (exact) mass is 416 g/mol. The molecular formula is C22H25ClN2O4. The van der Waals surface area contributed by atoms with Gasteiger partial charge >= 0.3 is 5.97 Å². The van der Waals surface area contributed by atoms with E-state index in [1.807, 2.05) is 36.5 Å². The van der Waals surface area contributed by atoms with Crippen molar-refractivity contribution in [2.24, 2.45) is 0 Å². The third-order valence-electron chi connectivity index (χ3n) is 4.76. The summed E-state index contributed by atoms with van der Waals surface area (Å²) in [5.74, 6) is 0.181. The van der Waals surface area contributed by atoms with Crippen LogP contribution >= 0.6 is 11.6 Å². The number of ether oxygens (including phenoxy) is 2. The Hall–Kier alpha value is -2.54. The van der Waals surface area contributed by atoms with E-state index in [0.29, 0.717) is 17.3 Å². The van der Waals surface area contributed by atoms with E-state index in [1.54, 1.807) is 12.1 Å². The number of esters is 1. The highest BCUT2D eigenvalue weighted by Gasteiger charge is 2.14. The Morgan fingerprint density at radius 3 is 2.83 bits per heavy atom. The second-order valence-corrected chi connectivity index (χ2v) is 7.38. The van der Waals surface area contributed by atoms with Gasteiger partial charge in [-0.2, -0.15) is 0 Å². The maximum Gasteiger partial charge on any atom is 0.343 e. The summed E-state index contributed by atoms with van der Waals surface area (Å²) in [7, 11) is 1.33. The molecule has 1 heterocycles. The zero-order valence-electron chi connectivity index (χ0n) is 16.4. The maximum absolute atomic E-state index is 11.3. The zero-order chi connectivity index (χ0) is 20.8. The van der Waals surface area contributed by atoms with Gasteiger partial charge in [0.05, 0.1) is 18.7 Å². The zero-order valence-corrected chi connectivity index (χ0v) is 17.2. The van der Waals surface area contributed by atoms with Crippen molar-refractivity contribution < 1.29 is 19.4 Å². The minimum absolute atomic E-state index is 0.136. The number of benzene rings is 2. The first kappa shape index (κ1) is 21.2. The lowest BCUT2D eigenvalue weighted by Gasteiger charge is -2.17. The topological polar surface area (TPSA) is 83.6 Å². The van der Waals surface area contributed by atoms with Crippen molar-refractivity contribution in [1.82, 2.24) is 10.3 Å². The van der Waals surface area contributed by atoms with Crippen LogP contribution in [-0.2, 0) is 16.0 Å². The number of aliphatic hydroxyl groups is 1. The Balaban J connectivity index is 1.61. The molecule has 0 spiro atoms. The number of halogens is 1. The molecule has 0 saturated carbocycles. The maximum atomic E-state index is 11.3. The number of para-hydroxylation sites is 1. The highest BCUT2D eigenvalue weighted by Crippen LogP contribution is 2.28. The molecule has 2 atom stereocenters. The molecule has 3 rings (SSSR count). The second-order valence-electron chi connectivity index (χ2n) is 6.94. The summed E-state index contributed by atoms with van der Waals surface area (Å²) in [6, 6.07) is 13.1. The van der Waals surface area contributed by atoms with Crippen LogP contribution in [0.2, 0.25) is 5.02 Å². The Morgan fingerprint density at radius 1 is 1.28 bits per heavy atom. The third kappa shape index (κ3) is 5.50. The van der Waals surface area contributed by atoms with E-state index in [1.165, 1.54) is 7.11 Å². The average Bonchev–Trinajstić information content (AvgIpc) is 3.13. The number of aromatic amines is 1. The molecule has 3 N–H and O–H groups in total. The van der Waals surface area contributed by atoms with Gasteiger partial charge in [0.1, 0.15) is 5.75 Å². The van der Waals surface area contributed by atoms with Crippen molar-refractivity contribution in [3.8, 4) is 5.75 Å². The summed E-state index contributed by atoms with van der Waals surface area (Å²) in [6.07, 6.45) is 2.08. The smallest absolute Gasteiger partial charge is 0.343 e. The molecule has 0 radical (unpaired) electrons. The third-order valence-corrected chi connectivity index (χ3v) is 4.99. The number of fused-ring (bicyclic) bond motifs is 1. The van der Waals surface area contributed by atoms with Gasteiger partial charge in [0.15, 0.2) is 6.61 Å². The molecule has 0 unspecified atom stereocenters. The average molecular weight is 417 g/mol. The van der Waals surface area contributed by atoms with Gasteiger partial charge in [0.25, 0.3) is 0 Å². The fourth-order valence-corrected chi connectivity index (χ4v) is 3.41. The Morgan fingerprint density at radius 2 is 2.07 bits per heavy atom. The number of H-pyrrole nitrogens is 1. The van der Waals surface area contributed by atoms with Crippen LogP contribution in [0.25, 0.3) is 10.9 Å². The van der Waals surface area contributed by atoms with Crippen molar-refractivity contribution in [3.05, 3.63) is 64.8 Å². The van der Waals surface area contributed by atoms with Crippen LogP contribution in [0.5, 0.6) is 5.75 Å². The Kier molecular flexibility index (Phi) is 7.14. The summed E-state index contributed by atoms with van der Waals surface area (Å²) in [5.41, 5.74) is 2.76. The van der Waals surface area contributed by atoms with E-state index in [2.05, 4.69) is 22.0 Å². The van der Waals surface area contributed by atoms with Gasteiger partial charge in [-0.1, -0.05) is 35.9 Å². The van der Waals surface area contributed by atoms with Crippen LogP contribution in [0.1, 0.15) is 24.2 Å². The van der Waals surface area contributed by atoms with Gasteiger partial charge in [0, 0.05) is 29.2 Å². The van der Waals surface area contributed by atoms with Crippen LogP contribution in [0.3, 0.4) is 0 Å². The number of hydrogen-bond acceptors (Lipinski definition) is 5. The molecule has 154 valence electrons. The van der Waals surface area contributed by atoms with Crippen LogP contribution in [0, 0.1) is 0 Å². The molecule has 3 aromatic rings. The number of hydrogen-bond donors (Lipinski definition) is 3. The van der Waals surface area contributed by atoms with Crippen molar-refractivity contribution in [2.75, 3.05) is 20.3 Å². The van der Waals surface area contributed by atoms with E-state index >= 15 is 0 Å². The largest absolute Gasteiger partial charge is 0.480 e. The summed E-state index contributed by atoms with van der Waals surface area (Å²) in [4.78, 5) is 14.6. The number of nitrogens with one attached hydrogen (secondary N) is 2. The highest BCUT2D eigenvalue weighted by atomic mass is 35.5. The number of aromatic nitrogens is 1. The second kappa shape index (κ2) is 9.78.